The van der Waals surface area contributed by atoms with Crippen LogP contribution < -0.4 is 5.73 Å². The zero-order chi connectivity index (χ0) is 8.72. The predicted octanol–water partition coefficient (Wildman–Crippen LogP) is 1.57. The molecule has 0 aromatic heterocycles. The molecule has 2 N–H and O–H groups in total. The quantitative estimate of drug-likeness (QED) is 0.755. The van der Waals surface area contributed by atoms with Gasteiger partial charge in [-0.3, -0.25) is 4.21 Å². The summed E-state index contributed by atoms with van der Waals surface area (Å²) in [6.45, 7) is 0. The summed E-state index contributed by atoms with van der Waals surface area (Å²) < 4.78 is 12.4. The molecular formula is C8H8BrNOS. The van der Waals surface area contributed by atoms with Crippen LogP contribution in [0.4, 0.5) is 0 Å². The Morgan fingerprint density at radius 1 is 1.58 bits per heavy atom. The Hall–Kier alpha value is -0.190. The summed E-state index contributed by atoms with van der Waals surface area (Å²) in [5, 5.41) is 0. The molecule has 1 heterocycles. The number of benzene rings is 1. The Kier molecular flexibility index (Phi) is 2.06. The van der Waals surface area contributed by atoms with Gasteiger partial charge in [0, 0.05) is 21.2 Å². The predicted molar refractivity (Wildman–Crippen MR) is 52.3 cm³/mol. The van der Waals surface area contributed by atoms with E-state index in [9.17, 15) is 4.21 Å². The molecule has 1 aliphatic heterocycles. The maximum absolute atomic E-state index is 11.4. The molecule has 64 valence electrons. The second kappa shape index (κ2) is 2.94. The zero-order valence-electron chi connectivity index (χ0n) is 6.29. The molecule has 0 saturated heterocycles. The fraction of sp³-hybridized carbons (Fsp3) is 0.250. The first-order valence-electron chi connectivity index (χ1n) is 3.62. The van der Waals surface area contributed by atoms with Gasteiger partial charge in [0.25, 0.3) is 0 Å². The van der Waals surface area contributed by atoms with E-state index in [1.54, 1.807) is 0 Å². The third-order valence-electron chi connectivity index (χ3n) is 1.95. The Morgan fingerprint density at radius 2 is 2.33 bits per heavy atom. The van der Waals surface area contributed by atoms with Gasteiger partial charge in [-0.15, -0.1) is 0 Å². The van der Waals surface area contributed by atoms with Gasteiger partial charge in [-0.1, -0.05) is 15.9 Å². The molecule has 12 heavy (non-hydrogen) atoms. The highest BCUT2D eigenvalue weighted by atomic mass is 79.9. The topological polar surface area (TPSA) is 43.1 Å². The van der Waals surface area contributed by atoms with Crippen molar-refractivity contribution >= 4 is 26.7 Å². The molecule has 2 atom stereocenters. The van der Waals surface area contributed by atoms with Crippen LogP contribution in [0.25, 0.3) is 0 Å². The van der Waals surface area contributed by atoms with Crippen LogP contribution in [0.1, 0.15) is 11.6 Å². The van der Waals surface area contributed by atoms with Crippen LogP contribution in [0.3, 0.4) is 0 Å². The molecule has 0 aliphatic carbocycles. The van der Waals surface area contributed by atoms with Crippen molar-refractivity contribution in [3.05, 3.63) is 28.2 Å². The van der Waals surface area contributed by atoms with E-state index in [1.807, 2.05) is 18.2 Å². The van der Waals surface area contributed by atoms with Crippen molar-refractivity contribution in [2.45, 2.75) is 10.9 Å². The van der Waals surface area contributed by atoms with Crippen LogP contribution in [0.2, 0.25) is 0 Å². The van der Waals surface area contributed by atoms with Gasteiger partial charge < -0.3 is 5.73 Å². The fourth-order valence-corrected chi connectivity index (χ4v) is 3.12. The van der Waals surface area contributed by atoms with Crippen LogP contribution in [0.15, 0.2) is 27.6 Å². The van der Waals surface area contributed by atoms with E-state index in [0.29, 0.717) is 5.75 Å². The van der Waals surface area contributed by atoms with E-state index in [2.05, 4.69) is 15.9 Å². The number of nitrogens with two attached hydrogens (primary N) is 1. The van der Waals surface area contributed by atoms with E-state index >= 15 is 0 Å². The molecule has 1 aromatic rings. The summed E-state index contributed by atoms with van der Waals surface area (Å²) in [4.78, 5) is 0.894. The molecule has 1 aromatic carbocycles. The van der Waals surface area contributed by atoms with Gasteiger partial charge in [0.05, 0.1) is 10.8 Å². The fourth-order valence-electron chi connectivity index (χ4n) is 1.36. The second-order valence-electron chi connectivity index (χ2n) is 2.80. The van der Waals surface area contributed by atoms with Crippen LogP contribution in [-0.4, -0.2) is 9.96 Å². The molecule has 0 saturated carbocycles. The van der Waals surface area contributed by atoms with Crippen molar-refractivity contribution in [2.75, 3.05) is 5.75 Å². The smallest absolute Gasteiger partial charge is 0.0552 e. The molecule has 1 aliphatic rings. The van der Waals surface area contributed by atoms with E-state index in [0.717, 1.165) is 14.9 Å². The molecule has 0 bridgehead atoms. The highest BCUT2D eigenvalue weighted by Crippen LogP contribution is 2.31. The zero-order valence-corrected chi connectivity index (χ0v) is 8.69. The molecular weight excluding hydrogens is 238 g/mol. The standard InChI is InChI=1S/C8H8BrNOS/c9-5-1-2-8-6(3-5)7(10)4-12(8)11/h1-3,7H,4,10H2. The SMILES string of the molecule is NC1CS(=O)c2ccc(Br)cc21. The largest absolute Gasteiger partial charge is 0.323 e. The third-order valence-corrected chi connectivity index (χ3v) is 3.96. The molecule has 0 fully saturated rings. The van der Waals surface area contributed by atoms with Crippen molar-refractivity contribution in [3.8, 4) is 0 Å². The first-order valence-corrected chi connectivity index (χ1v) is 5.73. The Balaban J connectivity index is 2.60. The minimum Gasteiger partial charge on any atom is -0.323 e. The second-order valence-corrected chi connectivity index (χ2v) is 5.18. The van der Waals surface area contributed by atoms with Crippen LogP contribution in [-0.2, 0) is 10.8 Å². The maximum atomic E-state index is 11.4. The lowest BCUT2D eigenvalue weighted by atomic mass is 10.1. The summed E-state index contributed by atoms with van der Waals surface area (Å²) >= 11 is 3.36. The molecule has 4 heteroatoms. The van der Waals surface area contributed by atoms with Gasteiger partial charge >= 0.3 is 0 Å². The Morgan fingerprint density at radius 3 is 3.08 bits per heavy atom. The van der Waals surface area contributed by atoms with Gasteiger partial charge in [0.2, 0.25) is 0 Å². The summed E-state index contributed by atoms with van der Waals surface area (Å²) in [5.41, 5.74) is 6.81. The Labute approximate surface area is 81.7 Å². The summed E-state index contributed by atoms with van der Waals surface area (Å²) in [7, 11) is -0.882. The number of hydrogen-bond acceptors (Lipinski definition) is 2. The van der Waals surface area contributed by atoms with Crippen molar-refractivity contribution in [1.82, 2.24) is 0 Å². The average molecular weight is 246 g/mol. The van der Waals surface area contributed by atoms with Gasteiger partial charge in [-0.2, -0.15) is 0 Å². The molecule has 0 radical (unpaired) electrons. The van der Waals surface area contributed by atoms with Gasteiger partial charge in [-0.25, -0.2) is 0 Å². The lowest BCUT2D eigenvalue weighted by Crippen LogP contribution is -2.09. The van der Waals surface area contributed by atoms with Gasteiger partial charge in [-0.05, 0) is 23.8 Å². The highest BCUT2D eigenvalue weighted by Gasteiger charge is 2.25. The lowest BCUT2D eigenvalue weighted by molar-refractivity contribution is 0.683. The van der Waals surface area contributed by atoms with E-state index in [4.69, 9.17) is 5.73 Å². The average Bonchev–Trinajstić information content (AvgIpc) is 2.28. The summed E-state index contributed by atoms with van der Waals surface area (Å²) in [6.07, 6.45) is 0. The summed E-state index contributed by atoms with van der Waals surface area (Å²) in [6, 6.07) is 5.67. The van der Waals surface area contributed by atoms with Crippen molar-refractivity contribution in [2.24, 2.45) is 5.73 Å². The first kappa shape index (κ1) is 8.41. The molecule has 2 rings (SSSR count). The number of hydrogen-bond donors (Lipinski definition) is 1. The first-order chi connectivity index (χ1) is 5.68. The molecule has 0 amide bonds. The van der Waals surface area contributed by atoms with E-state index in [-0.39, 0.29) is 6.04 Å². The number of halogens is 1. The van der Waals surface area contributed by atoms with E-state index in [1.165, 1.54) is 0 Å². The maximum Gasteiger partial charge on any atom is 0.0552 e. The minimum atomic E-state index is -0.882. The van der Waals surface area contributed by atoms with Crippen LogP contribution in [0, 0.1) is 0 Å². The molecule has 2 nitrogen and oxygen atoms in total. The monoisotopic (exact) mass is 245 g/mol. The van der Waals surface area contributed by atoms with Crippen molar-refractivity contribution in [1.29, 1.82) is 0 Å². The number of fused-ring (bicyclic) bond motifs is 1. The number of rotatable bonds is 0. The van der Waals surface area contributed by atoms with Crippen LogP contribution in [0.5, 0.6) is 0 Å². The van der Waals surface area contributed by atoms with E-state index < -0.39 is 10.8 Å². The van der Waals surface area contributed by atoms with Gasteiger partial charge in [0.1, 0.15) is 0 Å². The van der Waals surface area contributed by atoms with Crippen molar-refractivity contribution < 1.29 is 4.21 Å². The van der Waals surface area contributed by atoms with Gasteiger partial charge in [0.15, 0.2) is 0 Å². The van der Waals surface area contributed by atoms with Crippen molar-refractivity contribution in [3.63, 3.8) is 0 Å². The lowest BCUT2D eigenvalue weighted by Gasteiger charge is -2.01. The Bertz CT molecular complexity index is 353. The molecule has 0 spiro atoms. The molecule has 2 unspecified atom stereocenters. The minimum absolute atomic E-state index is 0.0571. The summed E-state index contributed by atoms with van der Waals surface area (Å²) in [5.74, 6) is 0.561. The highest BCUT2D eigenvalue weighted by molar-refractivity contribution is 9.10. The van der Waals surface area contributed by atoms with Crippen LogP contribution >= 0.6 is 15.9 Å². The normalized spacial score (nSPS) is 27.2. The third kappa shape index (κ3) is 1.24.